The molecule has 0 bridgehead atoms. The number of halogens is 2. The zero-order chi connectivity index (χ0) is 20.2. The fourth-order valence-corrected chi connectivity index (χ4v) is 4.44. The Hall–Kier alpha value is -2.82. The molecule has 144 valence electrons. The van der Waals surface area contributed by atoms with Crippen LogP contribution in [0.1, 0.15) is 0 Å². The van der Waals surface area contributed by atoms with Crippen LogP contribution in [0, 0.1) is 0 Å². The first-order valence-electron chi connectivity index (χ1n) is 9.56. The van der Waals surface area contributed by atoms with Gasteiger partial charge in [-0.1, -0.05) is 68.3 Å². The molecule has 0 saturated carbocycles. The van der Waals surface area contributed by atoms with Gasteiger partial charge in [-0.15, -0.1) is 0 Å². The Balaban J connectivity index is 1.54. The SMILES string of the molecule is Brc1ccc(-c2cc3ccc4c(ccc5cc(-c6ccc(Br)cc6)oc54)c3o2)cc1. The van der Waals surface area contributed by atoms with Crippen LogP contribution >= 0.6 is 31.9 Å². The van der Waals surface area contributed by atoms with E-state index >= 15 is 0 Å². The summed E-state index contributed by atoms with van der Waals surface area (Å²) in [4.78, 5) is 0. The molecule has 0 amide bonds. The highest BCUT2D eigenvalue weighted by molar-refractivity contribution is 9.10. The van der Waals surface area contributed by atoms with Crippen LogP contribution in [-0.2, 0) is 0 Å². The molecule has 0 unspecified atom stereocenters. The Morgan fingerprint density at radius 1 is 0.467 bits per heavy atom. The van der Waals surface area contributed by atoms with Gasteiger partial charge < -0.3 is 8.83 Å². The van der Waals surface area contributed by atoms with Gasteiger partial charge in [0.25, 0.3) is 0 Å². The molecule has 4 aromatic carbocycles. The minimum atomic E-state index is 0.861. The summed E-state index contributed by atoms with van der Waals surface area (Å²) in [6.45, 7) is 0. The van der Waals surface area contributed by atoms with Crippen LogP contribution in [0.15, 0.2) is 103 Å². The largest absolute Gasteiger partial charge is 0.455 e. The Bertz CT molecular complexity index is 1420. The van der Waals surface area contributed by atoms with E-state index in [0.29, 0.717) is 0 Å². The van der Waals surface area contributed by atoms with Gasteiger partial charge in [-0.2, -0.15) is 0 Å². The molecule has 6 aromatic rings. The molecule has 0 spiro atoms. The summed E-state index contributed by atoms with van der Waals surface area (Å²) in [5, 5.41) is 4.28. The minimum absolute atomic E-state index is 0.861. The van der Waals surface area contributed by atoms with Crippen LogP contribution in [0.4, 0.5) is 0 Å². The van der Waals surface area contributed by atoms with E-state index in [1.165, 1.54) is 0 Å². The van der Waals surface area contributed by atoms with Crippen LogP contribution in [0.5, 0.6) is 0 Å². The zero-order valence-electron chi connectivity index (χ0n) is 15.7. The second-order valence-corrected chi connectivity index (χ2v) is 9.13. The van der Waals surface area contributed by atoms with E-state index in [9.17, 15) is 0 Å². The van der Waals surface area contributed by atoms with Crippen LogP contribution in [0.3, 0.4) is 0 Å². The van der Waals surface area contributed by atoms with Crippen molar-refractivity contribution in [2.24, 2.45) is 0 Å². The first kappa shape index (κ1) is 18.0. The predicted octanol–water partition coefficient (Wildman–Crippen LogP) is 9.19. The van der Waals surface area contributed by atoms with Gasteiger partial charge in [-0.05, 0) is 48.5 Å². The van der Waals surface area contributed by atoms with Crippen molar-refractivity contribution in [3.05, 3.63) is 93.9 Å². The van der Waals surface area contributed by atoms with Crippen molar-refractivity contribution in [2.75, 3.05) is 0 Å². The lowest BCUT2D eigenvalue weighted by molar-refractivity contribution is 0.632. The highest BCUT2D eigenvalue weighted by Crippen LogP contribution is 2.38. The minimum Gasteiger partial charge on any atom is -0.455 e. The molecule has 2 heterocycles. The number of hydrogen-bond donors (Lipinski definition) is 0. The third-order valence-electron chi connectivity index (χ3n) is 5.42. The van der Waals surface area contributed by atoms with Gasteiger partial charge >= 0.3 is 0 Å². The number of fused-ring (bicyclic) bond motifs is 5. The Morgan fingerprint density at radius 2 is 0.867 bits per heavy atom. The molecule has 0 radical (unpaired) electrons. The monoisotopic (exact) mass is 516 g/mol. The van der Waals surface area contributed by atoms with Crippen molar-refractivity contribution in [2.45, 2.75) is 0 Å². The number of rotatable bonds is 2. The summed E-state index contributed by atoms with van der Waals surface area (Å²) in [5.41, 5.74) is 3.88. The Morgan fingerprint density at radius 3 is 1.27 bits per heavy atom. The molecule has 30 heavy (non-hydrogen) atoms. The van der Waals surface area contributed by atoms with E-state index in [0.717, 1.165) is 64.3 Å². The molecule has 0 saturated heterocycles. The van der Waals surface area contributed by atoms with Gasteiger partial charge in [0.05, 0.1) is 0 Å². The lowest BCUT2D eigenvalue weighted by Crippen LogP contribution is -1.74. The normalized spacial score (nSPS) is 11.7. The first-order valence-corrected chi connectivity index (χ1v) is 11.1. The van der Waals surface area contributed by atoms with Gasteiger partial charge in [0.2, 0.25) is 0 Å². The average molecular weight is 518 g/mol. The van der Waals surface area contributed by atoms with Gasteiger partial charge in [0, 0.05) is 41.6 Å². The quantitative estimate of drug-likeness (QED) is 0.229. The van der Waals surface area contributed by atoms with Crippen molar-refractivity contribution >= 4 is 64.6 Å². The average Bonchev–Trinajstić information content (AvgIpc) is 3.39. The van der Waals surface area contributed by atoms with E-state index in [4.69, 9.17) is 8.83 Å². The van der Waals surface area contributed by atoms with Crippen molar-refractivity contribution in [1.82, 2.24) is 0 Å². The highest BCUT2D eigenvalue weighted by atomic mass is 79.9. The number of hydrogen-bond acceptors (Lipinski definition) is 2. The number of furan rings is 2. The van der Waals surface area contributed by atoms with Crippen LogP contribution in [-0.4, -0.2) is 0 Å². The summed E-state index contributed by atoms with van der Waals surface area (Å²) in [7, 11) is 0. The van der Waals surface area contributed by atoms with Crippen LogP contribution in [0.2, 0.25) is 0 Å². The van der Waals surface area contributed by atoms with E-state index < -0.39 is 0 Å². The number of benzene rings is 4. The Labute approximate surface area is 189 Å². The van der Waals surface area contributed by atoms with Crippen LogP contribution < -0.4 is 0 Å². The van der Waals surface area contributed by atoms with E-state index in [2.05, 4.69) is 92.5 Å². The third-order valence-corrected chi connectivity index (χ3v) is 6.47. The van der Waals surface area contributed by atoms with Crippen molar-refractivity contribution in [3.63, 3.8) is 0 Å². The van der Waals surface area contributed by atoms with E-state index in [1.807, 2.05) is 24.3 Å². The summed E-state index contributed by atoms with van der Waals surface area (Å²) >= 11 is 6.97. The molecule has 6 rings (SSSR count). The molecule has 2 aromatic heterocycles. The van der Waals surface area contributed by atoms with Gasteiger partial charge in [0.15, 0.2) is 0 Å². The van der Waals surface area contributed by atoms with Gasteiger partial charge in [-0.3, -0.25) is 0 Å². The topological polar surface area (TPSA) is 26.3 Å². The van der Waals surface area contributed by atoms with E-state index in [-0.39, 0.29) is 0 Å². The standard InChI is InChI=1S/C26H14Br2O2/c27-19-7-1-15(2-8-19)23-13-17-5-11-22-21(25(17)29-23)12-6-18-14-24(30-26(18)22)16-3-9-20(28)10-4-16/h1-14H. The molecule has 0 fully saturated rings. The second-order valence-electron chi connectivity index (χ2n) is 7.30. The highest BCUT2D eigenvalue weighted by Gasteiger charge is 2.14. The predicted molar refractivity (Wildman–Crippen MR) is 130 cm³/mol. The van der Waals surface area contributed by atoms with Crippen molar-refractivity contribution in [3.8, 4) is 22.6 Å². The van der Waals surface area contributed by atoms with Crippen molar-refractivity contribution in [1.29, 1.82) is 0 Å². The Kier molecular flexibility index (Phi) is 4.12. The molecule has 0 atom stereocenters. The zero-order valence-corrected chi connectivity index (χ0v) is 18.8. The molecule has 0 N–H and O–H groups in total. The third kappa shape index (κ3) is 2.91. The lowest BCUT2D eigenvalue weighted by atomic mass is 10.1. The van der Waals surface area contributed by atoms with Crippen LogP contribution in [0.25, 0.3) is 55.4 Å². The molecular weight excluding hydrogens is 504 g/mol. The van der Waals surface area contributed by atoms with Crippen molar-refractivity contribution < 1.29 is 8.83 Å². The maximum Gasteiger partial charge on any atom is 0.142 e. The van der Waals surface area contributed by atoms with E-state index in [1.54, 1.807) is 0 Å². The maximum atomic E-state index is 6.30. The molecule has 0 aliphatic carbocycles. The fraction of sp³-hybridized carbons (Fsp3) is 0. The molecular formula is C26H14Br2O2. The molecule has 0 aliphatic heterocycles. The smallest absolute Gasteiger partial charge is 0.142 e. The summed E-state index contributed by atoms with van der Waals surface area (Å²) in [6.07, 6.45) is 0. The lowest BCUT2D eigenvalue weighted by Gasteiger charge is -2.00. The molecule has 2 nitrogen and oxygen atoms in total. The summed E-state index contributed by atoms with van der Waals surface area (Å²) in [5.74, 6) is 1.72. The summed E-state index contributed by atoms with van der Waals surface area (Å²) in [6, 6.07) is 29.0. The first-order chi connectivity index (χ1) is 14.7. The van der Waals surface area contributed by atoms with Gasteiger partial charge in [0.1, 0.15) is 22.7 Å². The molecule has 0 aliphatic rings. The summed E-state index contributed by atoms with van der Waals surface area (Å²) < 4.78 is 14.7. The van der Waals surface area contributed by atoms with Gasteiger partial charge in [-0.25, -0.2) is 0 Å². The maximum absolute atomic E-state index is 6.30. The molecule has 4 heteroatoms. The second kappa shape index (κ2) is 6.86. The fourth-order valence-electron chi connectivity index (χ4n) is 3.91.